The zero-order chi connectivity index (χ0) is 21.5. The number of amides is 2. The number of fused-ring (bicyclic) bond motifs is 1. The third kappa shape index (κ3) is 5.50. The molecule has 1 aliphatic heterocycles. The fourth-order valence-electron chi connectivity index (χ4n) is 3.39. The molecule has 158 valence electrons. The molecule has 0 spiro atoms. The van der Waals surface area contributed by atoms with Gasteiger partial charge in [-0.05, 0) is 47.7 Å². The first kappa shape index (κ1) is 21.6. The van der Waals surface area contributed by atoms with E-state index >= 15 is 0 Å². The van der Waals surface area contributed by atoms with E-state index in [-0.39, 0.29) is 18.4 Å². The highest BCUT2D eigenvalue weighted by Crippen LogP contribution is 2.34. The van der Waals surface area contributed by atoms with Gasteiger partial charge >= 0.3 is 0 Å². The van der Waals surface area contributed by atoms with E-state index in [1.165, 1.54) is 11.6 Å². The van der Waals surface area contributed by atoms with Gasteiger partial charge in [0.25, 0.3) is 5.91 Å². The molecule has 0 atom stereocenters. The van der Waals surface area contributed by atoms with Crippen molar-refractivity contribution in [2.24, 2.45) is 0 Å². The number of rotatable bonds is 8. The van der Waals surface area contributed by atoms with E-state index < -0.39 is 0 Å². The Balaban J connectivity index is 1.68. The molecule has 0 aliphatic carbocycles. The maximum absolute atomic E-state index is 12.4. The molecule has 0 saturated carbocycles. The third-order valence-corrected chi connectivity index (χ3v) is 5.19. The van der Waals surface area contributed by atoms with Crippen LogP contribution in [0.25, 0.3) is 6.08 Å². The predicted molar refractivity (Wildman–Crippen MR) is 122 cm³/mol. The minimum atomic E-state index is -0.219. The van der Waals surface area contributed by atoms with Crippen molar-refractivity contribution in [2.45, 2.75) is 46.0 Å². The van der Waals surface area contributed by atoms with Gasteiger partial charge in [-0.3, -0.25) is 9.59 Å². The van der Waals surface area contributed by atoms with Crippen LogP contribution in [0, 0.1) is 0 Å². The van der Waals surface area contributed by atoms with Crippen LogP contribution in [0.4, 0.5) is 11.4 Å². The fourth-order valence-corrected chi connectivity index (χ4v) is 3.39. The summed E-state index contributed by atoms with van der Waals surface area (Å²) in [5, 5.41) is 2.88. The van der Waals surface area contributed by atoms with Crippen molar-refractivity contribution in [1.82, 2.24) is 0 Å². The maximum Gasteiger partial charge on any atom is 0.265 e. The molecule has 5 heteroatoms. The first-order valence-corrected chi connectivity index (χ1v) is 10.6. The quantitative estimate of drug-likeness (QED) is 0.473. The van der Waals surface area contributed by atoms with Gasteiger partial charge in [0.05, 0.1) is 5.69 Å². The largest absolute Gasteiger partial charge is 0.482 e. The van der Waals surface area contributed by atoms with Crippen molar-refractivity contribution in [3.63, 3.8) is 0 Å². The number of hydrogen-bond acceptors (Lipinski definition) is 3. The molecule has 2 aromatic rings. The Kier molecular flexibility index (Phi) is 7.28. The average Bonchev–Trinajstić information content (AvgIpc) is 2.74. The molecule has 1 aliphatic rings. The topological polar surface area (TPSA) is 58.6 Å². The van der Waals surface area contributed by atoms with E-state index in [4.69, 9.17) is 4.74 Å². The molecule has 0 aromatic heterocycles. The summed E-state index contributed by atoms with van der Waals surface area (Å²) < 4.78 is 5.55. The Bertz CT molecular complexity index is 916. The van der Waals surface area contributed by atoms with Gasteiger partial charge in [0.1, 0.15) is 5.75 Å². The normalized spacial score (nSPS) is 13.5. The molecule has 5 nitrogen and oxygen atoms in total. The summed E-state index contributed by atoms with van der Waals surface area (Å²) in [4.78, 5) is 26.4. The summed E-state index contributed by atoms with van der Waals surface area (Å²) in [6.07, 6.45) is 6.41. The van der Waals surface area contributed by atoms with E-state index in [9.17, 15) is 9.59 Å². The summed E-state index contributed by atoms with van der Waals surface area (Å²) in [5.74, 6) is 0.882. The summed E-state index contributed by atoms with van der Waals surface area (Å²) >= 11 is 0. The highest BCUT2D eigenvalue weighted by atomic mass is 16.5. The van der Waals surface area contributed by atoms with Gasteiger partial charge < -0.3 is 15.0 Å². The van der Waals surface area contributed by atoms with E-state index in [0.717, 1.165) is 24.8 Å². The molecule has 0 bridgehead atoms. The minimum Gasteiger partial charge on any atom is -0.482 e. The molecule has 2 amide bonds. The second kappa shape index (κ2) is 10.1. The third-order valence-electron chi connectivity index (χ3n) is 5.19. The summed E-state index contributed by atoms with van der Waals surface area (Å²) in [6.45, 7) is 7.16. The van der Waals surface area contributed by atoms with E-state index in [1.807, 2.05) is 18.2 Å². The van der Waals surface area contributed by atoms with Crippen molar-refractivity contribution >= 4 is 29.3 Å². The number of ether oxygens (including phenoxy) is 1. The van der Waals surface area contributed by atoms with Crippen LogP contribution in [0.5, 0.6) is 5.75 Å². The molecule has 0 radical (unpaired) electrons. The number of hydrogen-bond donors (Lipinski definition) is 1. The first-order chi connectivity index (χ1) is 14.5. The van der Waals surface area contributed by atoms with Gasteiger partial charge in [-0.15, -0.1) is 0 Å². The number of anilines is 2. The Hall–Kier alpha value is -3.08. The predicted octanol–water partition coefficient (Wildman–Crippen LogP) is 5.38. The lowest BCUT2D eigenvalue weighted by molar-refractivity contribution is -0.121. The van der Waals surface area contributed by atoms with Gasteiger partial charge in [-0.25, -0.2) is 0 Å². The van der Waals surface area contributed by atoms with Crippen LogP contribution >= 0.6 is 0 Å². The van der Waals surface area contributed by atoms with Crippen molar-refractivity contribution < 1.29 is 14.3 Å². The zero-order valence-corrected chi connectivity index (χ0v) is 18.0. The molecule has 0 saturated heterocycles. The van der Waals surface area contributed by atoms with Crippen molar-refractivity contribution in [2.75, 3.05) is 23.4 Å². The van der Waals surface area contributed by atoms with Gasteiger partial charge in [-0.2, -0.15) is 0 Å². The molecule has 2 aromatic carbocycles. The van der Waals surface area contributed by atoms with Crippen LogP contribution < -0.4 is 15.0 Å². The van der Waals surface area contributed by atoms with Gasteiger partial charge in [0, 0.05) is 18.3 Å². The smallest absolute Gasteiger partial charge is 0.265 e. The lowest BCUT2D eigenvalue weighted by atomic mass is 10.0. The van der Waals surface area contributed by atoms with E-state index in [2.05, 4.69) is 38.2 Å². The summed E-state index contributed by atoms with van der Waals surface area (Å²) in [7, 11) is 0. The Morgan fingerprint density at radius 3 is 2.63 bits per heavy atom. The van der Waals surface area contributed by atoms with Crippen molar-refractivity contribution in [3.8, 4) is 5.75 Å². The number of benzene rings is 2. The van der Waals surface area contributed by atoms with Crippen LogP contribution in [-0.4, -0.2) is 25.0 Å². The van der Waals surface area contributed by atoms with Gasteiger partial charge in [-0.1, -0.05) is 57.9 Å². The van der Waals surface area contributed by atoms with Crippen molar-refractivity contribution in [3.05, 3.63) is 59.7 Å². The molecule has 3 rings (SSSR count). The van der Waals surface area contributed by atoms with E-state index in [1.54, 1.807) is 23.1 Å². The van der Waals surface area contributed by atoms with E-state index in [0.29, 0.717) is 29.6 Å². The standard InChI is InChI=1S/C25H30N2O3/c1-4-5-6-15-27-22-16-21(12-13-23(22)30-17-25(27)29)26-24(28)14-9-19-7-10-20(11-8-19)18(2)3/h7-14,16,18H,4-6,15,17H2,1-3H3,(H,26,28)/b14-9+. The zero-order valence-electron chi connectivity index (χ0n) is 18.0. The Morgan fingerprint density at radius 1 is 1.17 bits per heavy atom. The second-order valence-corrected chi connectivity index (χ2v) is 7.87. The summed E-state index contributed by atoms with van der Waals surface area (Å²) in [6, 6.07) is 13.6. The monoisotopic (exact) mass is 406 g/mol. The van der Waals surface area contributed by atoms with Crippen LogP contribution in [0.15, 0.2) is 48.5 Å². The fraction of sp³-hybridized carbons (Fsp3) is 0.360. The highest BCUT2D eigenvalue weighted by molar-refractivity contribution is 6.03. The summed E-state index contributed by atoms with van der Waals surface area (Å²) in [5.41, 5.74) is 3.60. The van der Waals surface area contributed by atoms with Gasteiger partial charge in [0.15, 0.2) is 6.61 Å². The molecule has 1 N–H and O–H groups in total. The van der Waals surface area contributed by atoms with Crippen LogP contribution in [0.3, 0.4) is 0 Å². The second-order valence-electron chi connectivity index (χ2n) is 7.87. The minimum absolute atomic E-state index is 0.0492. The first-order valence-electron chi connectivity index (χ1n) is 10.6. The molecule has 0 unspecified atom stereocenters. The van der Waals surface area contributed by atoms with Crippen LogP contribution in [0.2, 0.25) is 0 Å². The number of nitrogens with one attached hydrogen (secondary N) is 1. The lowest BCUT2D eigenvalue weighted by Gasteiger charge is -2.29. The average molecular weight is 407 g/mol. The SMILES string of the molecule is CCCCCN1C(=O)COc2ccc(NC(=O)/C=C/c3ccc(C(C)C)cc3)cc21. The van der Waals surface area contributed by atoms with Crippen LogP contribution in [0.1, 0.15) is 57.1 Å². The molecule has 0 fully saturated rings. The number of unbranched alkanes of at least 4 members (excludes halogenated alkanes) is 2. The Morgan fingerprint density at radius 2 is 1.93 bits per heavy atom. The van der Waals surface area contributed by atoms with Crippen LogP contribution in [-0.2, 0) is 9.59 Å². The number of carbonyl (C=O) groups is 2. The molecule has 30 heavy (non-hydrogen) atoms. The maximum atomic E-state index is 12.4. The van der Waals surface area contributed by atoms with Gasteiger partial charge in [0.2, 0.25) is 5.91 Å². The number of carbonyl (C=O) groups excluding carboxylic acids is 2. The number of nitrogens with zero attached hydrogens (tertiary/aromatic N) is 1. The lowest BCUT2D eigenvalue weighted by Crippen LogP contribution is -2.39. The molecular formula is C25H30N2O3. The van der Waals surface area contributed by atoms with Crippen molar-refractivity contribution in [1.29, 1.82) is 0 Å². The molecular weight excluding hydrogens is 376 g/mol. The Labute approximate surface area is 178 Å². The highest BCUT2D eigenvalue weighted by Gasteiger charge is 2.25. The molecule has 1 heterocycles.